The van der Waals surface area contributed by atoms with Gasteiger partial charge in [0.15, 0.2) is 0 Å². The molecule has 0 radical (unpaired) electrons. The fraction of sp³-hybridized carbons (Fsp3) is 1.00. The molecule has 0 aromatic rings. The highest BCUT2D eigenvalue weighted by atomic mass is 28.4. The molecule has 0 amide bonds. The Kier molecular flexibility index (Phi) is 8.77. The Bertz CT molecular complexity index is 264. The Labute approximate surface area is 128 Å². The molecule has 0 aliphatic rings. The summed E-state index contributed by atoms with van der Waals surface area (Å²) in [7, 11) is -1.39. The maximum Gasteiger partial charge on any atom is 0.515 e. The largest absolute Gasteiger partial charge is 0.515 e. The zero-order valence-corrected chi connectivity index (χ0v) is 17.1. The molecule has 0 bridgehead atoms. The van der Waals surface area contributed by atoms with Gasteiger partial charge in [-0.15, -0.1) is 0 Å². The Balaban J connectivity index is 5.10. The zero-order valence-electron chi connectivity index (χ0n) is 14.9. The molecule has 4 nitrogen and oxygen atoms in total. The van der Waals surface area contributed by atoms with Crippen LogP contribution in [-0.2, 0) is 13.3 Å². The van der Waals surface area contributed by atoms with Crippen molar-refractivity contribution in [3.05, 3.63) is 0 Å². The van der Waals surface area contributed by atoms with E-state index >= 15 is 0 Å². The van der Waals surface area contributed by atoms with Crippen LogP contribution in [0.5, 0.6) is 0 Å². The Morgan fingerprint density at radius 2 is 1.55 bits per heavy atom. The minimum Gasteiger partial charge on any atom is -0.374 e. The maximum atomic E-state index is 6.36. The molecule has 6 heteroatoms. The summed E-state index contributed by atoms with van der Waals surface area (Å²) in [6, 6.07) is 0. The van der Waals surface area contributed by atoms with Gasteiger partial charge in [-0.25, -0.2) is 0 Å². The van der Waals surface area contributed by atoms with Crippen LogP contribution >= 0.6 is 0 Å². The van der Waals surface area contributed by atoms with Crippen molar-refractivity contribution in [3.63, 3.8) is 0 Å². The molecule has 0 aromatic heterocycles. The van der Waals surface area contributed by atoms with E-state index in [0.717, 1.165) is 6.17 Å². The molecule has 122 valence electrons. The standard InChI is InChI=1S/C14H35NO3Si2/c1-10-16-20(17-11-2,18-13(3)19(8)9)12-15(7)14(4,5)6/h13,19H,10-12H2,1-9H3. The van der Waals surface area contributed by atoms with Crippen LogP contribution in [0.1, 0.15) is 41.5 Å². The molecule has 0 N–H and O–H groups in total. The van der Waals surface area contributed by atoms with Crippen LogP contribution in [0.3, 0.4) is 0 Å². The summed E-state index contributed by atoms with van der Waals surface area (Å²) in [4.78, 5) is 2.28. The summed E-state index contributed by atoms with van der Waals surface area (Å²) < 4.78 is 18.4. The van der Waals surface area contributed by atoms with E-state index in [-0.39, 0.29) is 11.3 Å². The van der Waals surface area contributed by atoms with E-state index in [0.29, 0.717) is 13.2 Å². The molecule has 0 aliphatic heterocycles. The van der Waals surface area contributed by atoms with Crippen LogP contribution < -0.4 is 0 Å². The van der Waals surface area contributed by atoms with Gasteiger partial charge in [-0.1, -0.05) is 13.1 Å². The molecule has 0 spiro atoms. The lowest BCUT2D eigenvalue weighted by molar-refractivity contribution is 0.0377. The highest BCUT2D eigenvalue weighted by Gasteiger charge is 2.45. The first-order valence-electron chi connectivity index (χ1n) is 7.75. The van der Waals surface area contributed by atoms with Gasteiger partial charge in [0.25, 0.3) is 0 Å². The predicted octanol–water partition coefficient (Wildman–Crippen LogP) is 2.70. The quantitative estimate of drug-likeness (QED) is 0.611. The SMILES string of the molecule is CCO[Si](CN(C)C(C)(C)C)(OCC)OC(C)[SiH](C)C. The molecule has 0 aromatic carbocycles. The summed E-state index contributed by atoms with van der Waals surface area (Å²) in [6.07, 6.45) is 0.740. The van der Waals surface area contributed by atoms with Crippen molar-refractivity contribution in [2.75, 3.05) is 26.4 Å². The Morgan fingerprint density at radius 3 is 1.85 bits per heavy atom. The molecule has 1 unspecified atom stereocenters. The third-order valence-corrected chi connectivity index (χ3v) is 8.94. The molecule has 0 fully saturated rings. The second kappa shape index (κ2) is 8.65. The second-order valence-corrected chi connectivity index (χ2v) is 12.6. The number of hydrogen-bond donors (Lipinski definition) is 0. The monoisotopic (exact) mass is 321 g/mol. The number of hydrogen-bond acceptors (Lipinski definition) is 4. The topological polar surface area (TPSA) is 30.9 Å². The Hall–Kier alpha value is 0.274. The maximum absolute atomic E-state index is 6.36. The van der Waals surface area contributed by atoms with Gasteiger partial charge in [0.2, 0.25) is 0 Å². The van der Waals surface area contributed by atoms with E-state index in [1.807, 2.05) is 13.8 Å². The van der Waals surface area contributed by atoms with Crippen LogP contribution in [0.25, 0.3) is 0 Å². The number of rotatable bonds is 9. The zero-order chi connectivity index (χ0) is 16.0. The van der Waals surface area contributed by atoms with Crippen LogP contribution in [-0.4, -0.2) is 60.2 Å². The first-order chi connectivity index (χ1) is 9.08. The molecule has 1 atom stereocenters. The first kappa shape index (κ1) is 20.3. The Morgan fingerprint density at radius 1 is 1.10 bits per heavy atom. The van der Waals surface area contributed by atoms with E-state index in [4.69, 9.17) is 13.3 Å². The van der Waals surface area contributed by atoms with Gasteiger partial charge in [-0.2, -0.15) is 0 Å². The lowest BCUT2D eigenvalue weighted by Gasteiger charge is -2.39. The van der Waals surface area contributed by atoms with Crippen LogP contribution in [0.15, 0.2) is 0 Å². The fourth-order valence-corrected chi connectivity index (χ4v) is 6.31. The van der Waals surface area contributed by atoms with Gasteiger partial charge < -0.3 is 13.3 Å². The molecule has 0 heterocycles. The smallest absolute Gasteiger partial charge is 0.374 e. The summed E-state index contributed by atoms with van der Waals surface area (Å²) >= 11 is 0. The highest BCUT2D eigenvalue weighted by Crippen LogP contribution is 2.20. The van der Waals surface area contributed by atoms with E-state index in [1.54, 1.807) is 0 Å². The van der Waals surface area contributed by atoms with Gasteiger partial charge in [-0.3, -0.25) is 4.90 Å². The molecule has 0 rings (SSSR count). The lowest BCUT2D eigenvalue weighted by Crippen LogP contribution is -2.60. The third kappa shape index (κ3) is 6.82. The van der Waals surface area contributed by atoms with Crippen molar-refractivity contribution in [2.45, 2.75) is 65.9 Å². The van der Waals surface area contributed by atoms with Crippen molar-refractivity contribution in [1.29, 1.82) is 0 Å². The van der Waals surface area contributed by atoms with Crippen LogP contribution in [0, 0.1) is 0 Å². The van der Waals surface area contributed by atoms with Crippen molar-refractivity contribution in [3.8, 4) is 0 Å². The number of nitrogens with zero attached hydrogens (tertiary/aromatic N) is 1. The lowest BCUT2D eigenvalue weighted by atomic mass is 10.1. The second-order valence-electron chi connectivity index (χ2n) is 6.64. The third-order valence-electron chi connectivity index (χ3n) is 3.61. The van der Waals surface area contributed by atoms with Crippen molar-refractivity contribution in [2.24, 2.45) is 0 Å². The highest BCUT2D eigenvalue weighted by molar-refractivity contribution is 6.63. The summed E-state index contributed by atoms with van der Waals surface area (Å²) in [5.41, 5.74) is 0.349. The van der Waals surface area contributed by atoms with E-state index < -0.39 is 17.6 Å². The normalized spacial score (nSPS) is 15.2. The van der Waals surface area contributed by atoms with Gasteiger partial charge in [0, 0.05) is 24.5 Å². The van der Waals surface area contributed by atoms with Crippen LogP contribution in [0.4, 0.5) is 0 Å². The van der Waals surface area contributed by atoms with E-state index in [2.05, 4.69) is 52.7 Å². The van der Waals surface area contributed by atoms with Crippen molar-refractivity contribution in [1.82, 2.24) is 4.90 Å². The average Bonchev–Trinajstić information content (AvgIpc) is 2.27. The van der Waals surface area contributed by atoms with Gasteiger partial charge in [-0.05, 0) is 48.6 Å². The van der Waals surface area contributed by atoms with Gasteiger partial charge >= 0.3 is 8.80 Å². The predicted molar refractivity (Wildman–Crippen MR) is 90.8 cm³/mol. The first-order valence-corrected chi connectivity index (χ1v) is 12.7. The molecular weight excluding hydrogens is 286 g/mol. The molecule has 0 saturated carbocycles. The van der Waals surface area contributed by atoms with E-state index in [1.165, 1.54) is 0 Å². The minimum absolute atomic E-state index is 0.0777. The average molecular weight is 322 g/mol. The molecular formula is C14H35NO3Si2. The van der Waals surface area contributed by atoms with Gasteiger partial charge in [0.1, 0.15) is 0 Å². The minimum atomic E-state index is -2.63. The fourth-order valence-electron chi connectivity index (χ4n) is 1.63. The molecule has 0 aliphatic carbocycles. The van der Waals surface area contributed by atoms with E-state index in [9.17, 15) is 0 Å². The summed E-state index contributed by atoms with van der Waals surface area (Å²) in [6.45, 7) is 18.7. The van der Waals surface area contributed by atoms with Gasteiger partial charge in [0.05, 0.1) is 15.0 Å². The molecule has 20 heavy (non-hydrogen) atoms. The van der Waals surface area contributed by atoms with Crippen molar-refractivity contribution >= 4 is 17.6 Å². The molecule has 0 saturated heterocycles. The van der Waals surface area contributed by atoms with Crippen LogP contribution in [0.2, 0.25) is 13.1 Å². The summed E-state index contributed by atoms with van der Waals surface area (Å²) in [5.74, 6) is 0. The van der Waals surface area contributed by atoms with Crippen molar-refractivity contribution < 1.29 is 13.3 Å². The summed E-state index contributed by atoms with van der Waals surface area (Å²) in [5, 5.41) is 0.